The molecule has 0 fully saturated rings. The maximum absolute atomic E-state index is 14.9. The van der Waals surface area contributed by atoms with E-state index in [2.05, 4.69) is 4.98 Å². The summed E-state index contributed by atoms with van der Waals surface area (Å²) in [6.07, 6.45) is 2.40. The quantitative estimate of drug-likeness (QED) is 0.704. The maximum Gasteiger partial charge on any atom is 0.255 e. The van der Waals surface area contributed by atoms with E-state index in [1.54, 1.807) is 12.1 Å². The Morgan fingerprint density at radius 2 is 2.00 bits per heavy atom. The Kier molecular flexibility index (Phi) is 3.51. The highest BCUT2D eigenvalue weighted by Gasteiger charge is 2.30. The van der Waals surface area contributed by atoms with Crippen molar-refractivity contribution in [1.82, 2.24) is 4.98 Å². The van der Waals surface area contributed by atoms with Gasteiger partial charge in [-0.1, -0.05) is 12.1 Å². The number of hydrogen-bond donors (Lipinski definition) is 2. The molecule has 3 aromatic rings. The SMILES string of the molecule is NC1CCc2cc(F)c(C(=O)c3cccc4c(=O)[nH]ccc34)c(F)c21. The molecule has 0 spiro atoms. The molecule has 1 aliphatic rings. The van der Waals surface area contributed by atoms with Gasteiger partial charge in [0.25, 0.3) is 5.56 Å². The fourth-order valence-electron chi connectivity index (χ4n) is 3.51. The largest absolute Gasteiger partial charge is 0.329 e. The first-order valence-electron chi connectivity index (χ1n) is 7.90. The molecule has 6 heteroatoms. The van der Waals surface area contributed by atoms with Gasteiger partial charge in [-0.15, -0.1) is 0 Å². The third kappa shape index (κ3) is 2.29. The average molecular weight is 340 g/mol. The Morgan fingerprint density at radius 3 is 2.80 bits per heavy atom. The molecule has 3 N–H and O–H groups in total. The van der Waals surface area contributed by atoms with Crippen molar-refractivity contribution >= 4 is 16.6 Å². The number of aromatic nitrogens is 1. The van der Waals surface area contributed by atoms with E-state index in [4.69, 9.17) is 5.73 Å². The van der Waals surface area contributed by atoms with Crippen molar-refractivity contribution in [2.75, 3.05) is 0 Å². The summed E-state index contributed by atoms with van der Waals surface area (Å²) in [6, 6.07) is 6.71. The van der Waals surface area contributed by atoms with E-state index in [0.717, 1.165) is 0 Å². The lowest BCUT2D eigenvalue weighted by atomic mass is 9.94. The van der Waals surface area contributed by atoms with Crippen LogP contribution in [0.3, 0.4) is 0 Å². The number of carbonyl (C=O) groups excluding carboxylic acids is 1. The molecule has 25 heavy (non-hydrogen) atoms. The van der Waals surface area contributed by atoms with Gasteiger partial charge in [0.2, 0.25) is 0 Å². The van der Waals surface area contributed by atoms with Gasteiger partial charge in [0.15, 0.2) is 5.78 Å². The molecular weight excluding hydrogens is 326 g/mol. The molecule has 0 bridgehead atoms. The maximum atomic E-state index is 14.9. The number of carbonyl (C=O) groups is 1. The van der Waals surface area contributed by atoms with Crippen molar-refractivity contribution in [3.63, 3.8) is 0 Å². The highest BCUT2D eigenvalue weighted by Crippen LogP contribution is 2.35. The molecule has 0 saturated carbocycles. The Bertz CT molecular complexity index is 1090. The summed E-state index contributed by atoms with van der Waals surface area (Å²) in [6.45, 7) is 0. The van der Waals surface area contributed by atoms with Crippen molar-refractivity contribution in [2.24, 2.45) is 5.73 Å². The van der Waals surface area contributed by atoms with Gasteiger partial charge in [-0.05, 0) is 42.0 Å². The Balaban J connectivity index is 1.96. The van der Waals surface area contributed by atoms with Gasteiger partial charge in [0, 0.05) is 28.8 Å². The number of benzene rings is 2. The topological polar surface area (TPSA) is 76.0 Å². The summed E-state index contributed by atoms with van der Waals surface area (Å²) in [5.41, 5.74) is 5.70. The number of nitrogens with one attached hydrogen (secondary N) is 1. The second-order valence-corrected chi connectivity index (χ2v) is 6.17. The molecule has 0 aliphatic heterocycles. The number of halogens is 2. The van der Waals surface area contributed by atoms with Crippen LogP contribution in [0.2, 0.25) is 0 Å². The van der Waals surface area contributed by atoms with E-state index in [1.165, 1.54) is 24.4 Å². The van der Waals surface area contributed by atoms with Crippen LogP contribution in [0.4, 0.5) is 8.78 Å². The second kappa shape index (κ2) is 5.60. The Hall–Kier alpha value is -2.86. The van der Waals surface area contributed by atoms with E-state index in [-0.39, 0.29) is 22.1 Å². The molecule has 0 amide bonds. The first-order valence-corrected chi connectivity index (χ1v) is 7.90. The van der Waals surface area contributed by atoms with Gasteiger partial charge >= 0.3 is 0 Å². The molecule has 1 heterocycles. The zero-order valence-corrected chi connectivity index (χ0v) is 13.1. The fraction of sp³-hybridized carbons (Fsp3) is 0.158. The smallest absolute Gasteiger partial charge is 0.255 e. The van der Waals surface area contributed by atoms with Crippen LogP contribution in [0.15, 0.2) is 41.3 Å². The van der Waals surface area contributed by atoms with Crippen LogP contribution in [0.5, 0.6) is 0 Å². The molecule has 126 valence electrons. The van der Waals surface area contributed by atoms with Crippen molar-refractivity contribution in [3.05, 3.63) is 80.8 Å². The standard InChI is InChI=1S/C19H14F2N2O2/c20-13-8-9-4-5-14(22)15(9)17(21)16(13)18(24)11-2-1-3-12-10(11)6-7-23-19(12)25/h1-3,6-8,14H,4-5,22H2,(H,23,25). The second-order valence-electron chi connectivity index (χ2n) is 6.17. The van der Waals surface area contributed by atoms with Crippen LogP contribution in [-0.4, -0.2) is 10.8 Å². The number of aryl methyl sites for hydroxylation is 1. The van der Waals surface area contributed by atoms with Gasteiger partial charge in [-0.25, -0.2) is 8.78 Å². The molecule has 1 atom stereocenters. The predicted molar refractivity (Wildman–Crippen MR) is 89.6 cm³/mol. The van der Waals surface area contributed by atoms with Crippen LogP contribution in [-0.2, 0) is 6.42 Å². The summed E-state index contributed by atoms with van der Waals surface area (Å²) in [7, 11) is 0. The van der Waals surface area contributed by atoms with E-state index >= 15 is 0 Å². The van der Waals surface area contributed by atoms with Crippen molar-refractivity contribution in [2.45, 2.75) is 18.9 Å². The normalized spacial score (nSPS) is 16.2. The minimum Gasteiger partial charge on any atom is -0.329 e. The number of pyridine rings is 1. The number of hydrogen-bond acceptors (Lipinski definition) is 3. The Morgan fingerprint density at radius 1 is 1.20 bits per heavy atom. The number of fused-ring (bicyclic) bond motifs is 2. The monoisotopic (exact) mass is 340 g/mol. The molecule has 2 aromatic carbocycles. The van der Waals surface area contributed by atoms with E-state index in [0.29, 0.717) is 23.8 Å². The minimum atomic E-state index is -0.905. The summed E-state index contributed by atoms with van der Waals surface area (Å²) in [5, 5.41) is 0.631. The summed E-state index contributed by atoms with van der Waals surface area (Å²) >= 11 is 0. The number of rotatable bonds is 2. The van der Waals surface area contributed by atoms with Gasteiger partial charge in [-0.3, -0.25) is 9.59 Å². The molecular formula is C19H14F2N2O2. The molecule has 4 nitrogen and oxygen atoms in total. The highest BCUT2D eigenvalue weighted by atomic mass is 19.1. The molecule has 1 aliphatic carbocycles. The van der Waals surface area contributed by atoms with Crippen molar-refractivity contribution < 1.29 is 13.6 Å². The zero-order chi connectivity index (χ0) is 17.7. The van der Waals surface area contributed by atoms with Crippen molar-refractivity contribution in [1.29, 1.82) is 0 Å². The fourth-order valence-corrected chi connectivity index (χ4v) is 3.51. The summed E-state index contributed by atoms with van der Waals surface area (Å²) in [5.74, 6) is -2.60. The molecule has 4 rings (SSSR count). The molecule has 0 radical (unpaired) electrons. The van der Waals surface area contributed by atoms with E-state index < -0.39 is 29.0 Å². The summed E-state index contributed by atoms with van der Waals surface area (Å²) in [4.78, 5) is 27.3. The number of H-pyrrole nitrogens is 1. The highest BCUT2D eigenvalue weighted by molar-refractivity contribution is 6.16. The molecule has 1 aromatic heterocycles. The number of aromatic amines is 1. The van der Waals surface area contributed by atoms with Crippen LogP contribution in [0, 0.1) is 11.6 Å². The Labute approximate surface area is 141 Å². The molecule has 0 saturated heterocycles. The van der Waals surface area contributed by atoms with Gasteiger partial charge in [0.1, 0.15) is 11.6 Å². The zero-order valence-electron chi connectivity index (χ0n) is 13.1. The van der Waals surface area contributed by atoms with Crippen molar-refractivity contribution in [3.8, 4) is 0 Å². The number of ketones is 1. The van der Waals surface area contributed by atoms with Gasteiger partial charge in [0.05, 0.1) is 5.56 Å². The lowest BCUT2D eigenvalue weighted by molar-refractivity contribution is 0.103. The number of nitrogens with two attached hydrogens (primary N) is 1. The van der Waals surface area contributed by atoms with Crippen LogP contribution >= 0.6 is 0 Å². The molecule has 1 unspecified atom stereocenters. The lowest BCUT2D eigenvalue weighted by Gasteiger charge is -2.12. The van der Waals surface area contributed by atoms with Crippen LogP contribution < -0.4 is 11.3 Å². The van der Waals surface area contributed by atoms with E-state index in [9.17, 15) is 18.4 Å². The third-order valence-electron chi connectivity index (χ3n) is 4.72. The first-order chi connectivity index (χ1) is 12.0. The lowest BCUT2D eigenvalue weighted by Crippen LogP contribution is -2.15. The third-order valence-corrected chi connectivity index (χ3v) is 4.72. The van der Waals surface area contributed by atoms with Gasteiger partial charge < -0.3 is 10.7 Å². The van der Waals surface area contributed by atoms with Gasteiger partial charge in [-0.2, -0.15) is 0 Å². The summed E-state index contributed by atoms with van der Waals surface area (Å²) < 4.78 is 29.4. The average Bonchev–Trinajstić information content (AvgIpc) is 2.95. The van der Waals surface area contributed by atoms with E-state index in [1.807, 2.05) is 0 Å². The predicted octanol–water partition coefficient (Wildman–Crippen LogP) is 2.98. The minimum absolute atomic E-state index is 0.0768. The first kappa shape index (κ1) is 15.7. The van der Waals surface area contributed by atoms with Crippen LogP contribution in [0.25, 0.3) is 10.8 Å². The van der Waals surface area contributed by atoms with Crippen LogP contribution in [0.1, 0.15) is 39.5 Å².